The van der Waals surface area contributed by atoms with Crippen LogP contribution in [-0.2, 0) is 6.61 Å². The molecule has 0 radical (unpaired) electrons. The normalized spacial score (nSPS) is 14.2. The average molecular weight is 589 g/mol. The number of halogens is 1. The van der Waals surface area contributed by atoms with Crippen molar-refractivity contribution in [2.45, 2.75) is 12.8 Å². The number of phenols is 1. The molecule has 1 atom stereocenters. The average Bonchev–Trinajstić information content (AvgIpc) is 2.94. The third kappa shape index (κ3) is 5.53. The summed E-state index contributed by atoms with van der Waals surface area (Å²) in [5, 5.41) is 26.0. The van der Waals surface area contributed by atoms with Crippen molar-refractivity contribution >= 4 is 39.1 Å². The van der Waals surface area contributed by atoms with E-state index in [4.69, 9.17) is 4.74 Å². The number of carbonyl (C=O) groups is 2. The predicted molar refractivity (Wildman–Crippen MR) is 146 cm³/mol. The van der Waals surface area contributed by atoms with Crippen LogP contribution < -0.4 is 15.5 Å². The minimum Gasteiger partial charge on any atom is -0.508 e. The molecule has 0 spiro atoms. The van der Waals surface area contributed by atoms with E-state index in [-0.39, 0.29) is 28.1 Å². The first-order valence-electron chi connectivity index (χ1n) is 11.7. The van der Waals surface area contributed by atoms with Gasteiger partial charge in [0.05, 0.1) is 10.5 Å². The molecule has 4 aromatic rings. The Bertz CT molecular complexity index is 1560. The Morgan fingerprint density at radius 3 is 2.51 bits per heavy atom. The zero-order valence-electron chi connectivity index (χ0n) is 20.2. The number of nitro benzene ring substituents is 1. The van der Waals surface area contributed by atoms with Gasteiger partial charge < -0.3 is 15.2 Å². The van der Waals surface area contributed by atoms with Crippen LogP contribution >= 0.6 is 15.9 Å². The van der Waals surface area contributed by atoms with Crippen LogP contribution in [-0.4, -0.2) is 26.9 Å². The highest BCUT2D eigenvalue weighted by atomic mass is 79.9. The molecule has 4 aromatic carbocycles. The van der Waals surface area contributed by atoms with Crippen LogP contribution in [0.4, 0.5) is 11.4 Å². The summed E-state index contributed by atoms with van der Waals surface area (Å²) in [4.78, 5) is 37.5. The lowest BCUT2D eigenvalue weighted by molar-refractivity contribution is -0.385. The molecule has 0 saturated carbocycles. The lowest BCUT2D eigenvalue weighted by atomic mass is 10.0. The largest absolute Gasteiger partial charge is 0.508 e. The number of aromatic hydroxyl groups is 1. The van der Waals surface area contributed by atoms with E-state index in [1.165, 1.54) is 6.07 Å². The van der Waals surface area contributed by atoms with Crippen molar-refractivity contribution in [3.8, 4) is 11.5 Å². The molecule has 10 nitrogen and oxygen atoms in total. The maximum absolute atomic E-state index is 13.5. The number of carbonyl (C=O) groups excluding carboxylic acids is 2. The number of fused-ring (bicyclic) bond motifs is 1. The van der Waals surface area contributed by atoms with E-state index in [1.807, 2.05) is 30.3 Å². The number of non-ortho nitro benzene ring substituents is 1. The Balaban J connectivity index is 1.41. The van der Waals surface area contributed by atoms with E-state index in [0.29, 0.717) is 22.5 Å². The van der Waals surface area contributed by atoms with Crippen LogP contribution in [0.15, 0.2) is 95.5 Å². The predicted octanol–water partition coefficient (Wildman–Crippen LogP) is 5.55. The molecule has 1 aliphatic heterocycles. The molecule has 0 fully saturated rings. The van der Waals surface area contributed by atoms with Gasteiger partial charge in [0.1, 0.15) is 18.1 Å². The number of nitrogens with one attached hydrogen (secondary N) is 2. The second-order valence-electron chi connectivity index (χ2n) is 8.65. The molecule has 1 aliphatic rings. The lowest BCUT2D eigenvalue weighted by Gasteiger charge is -2.38. The van der Waals surface area contributed by atoms with Crippen LogP contribution in [0.25, 0.3) is 0 Å². The summed E-state index contributed by atoms with van der Waals surface area (Å²) in [7, 11) is 0. The fraction of sp³-hybridized carbons (Fsp3) is 0.0714. The standard InChI is InChI=1S/C28H21BrN4O6/c29-19-8-12-24-22(14-19)28(36)32(26(30-24)23-15-20(33(37)38)9-13-25(23)34)31-27(35)18-6-10-21(11-7-18)39-16-17-4-2-1-3-5-17/h1-15,26,30,34H,16H2,(H,31,35). The van der Waals surface area contributed by atoms with Gasteiger partial charge in [0, 0.05) is 33.4 Å². The van der Waals surface area contributed by atoms with Crippen LogP contribution in [0.3, 0.4) is 0 Å². The lowest BCUT2D eigenvalue weighted by Crippen LogP contribution is -2.52. The van der Waals surface area contributed by atoms with Gasteiger partial charge in [-0.05, 0) is 54.1 Å². The van der Waals surface area contributed by atoms with Gasteiger partial charge in [0.15, 0.2) is 6.17 Å². The molecule has 2 amide bonds. The summed E-state index contributed by atoms with van der Waals surface area (Å²) < 4.78 is 6.41. The summed E-state index contributed by atoms with van der Waals surface area (Å²) in [6.07, 6.45) is -1.14. The molecular formula is C28H21BrN4O6. The highest BCUT2D eigenvalue weighted by molar-refractivity contribution is 9.10. The van der Waals surface area contributed by atoms with E-state index >= 15 is 0 Å². The van der Waals surface area contributed by atoms with Crippen molar-refractivity contribution in [2.75, 3.05) is 5.32 Å². The molecule has 11 heteroatoms. The van der Waals surface area contributed by atoms with Gasteiger partial charge in [0.2, 0.25) is 0 Å². The number of benzene rings is 4. The van der Waals surface area contributed by atoms with Crippen LogP contribution in [0.1, 0.15) is 38.0 Å². The number of hydrogen-bond donors (Lipinski definition) is 3. The topological polar surface area (TPSA) is 134 Å². The third-order valence-electron chi connectivity index (χ3n) is 6.08. The highest BCUT2D eigenvalue weighted by Gasteiger charge is 2.36. The molecule has 39 heavy (non-hydrogen) atoms. The zero-order chi connectivity index (χ0) is 27.5. The summed E-state index contributed by atoms with van der Waals surface area (Å²) in [5.41, 5.74) is 4.29. The highest BCUT2D eigenvalue weighted by Crippen LogP contribution is 2.38. The van der Waals surface area contributed by atoms with Gasteiger partial charge in [-0.25, -0.2) is 5.01 Å². The third-order valence-corrected chi connectivity index (χ3v) is 6.58. The maximum atomic E-state index is 13.5. The van der Waals surface area contributed by atoms with E-state index in [2.05, 4.69) is 26.7 Å². The van der Waals surface area contributed by atoms with E-state index in [9.17, 15) is 24.8 Å². The van der Waals surface area contributed by atoms with Gasteiger partial charge in [0.25, 0.3) is 17.5 Å². The Morgan fingerprint density at radius 2 is 1.79 bits per heavy atom. The zero-order valence-corrected chi connectivity index (χ0v) is 21.8. The smallest absolute Gasteiger partial charge is 0.276 e. The Labute approximate surface area is 231 Å². The van der Waals surface area contributed by atoms with Crippen molar-refractivity contribution < 1.29 is 24.4 Å². The number of phenolic OH excluding ortho intramolecular Hbond substituents is 1. The number of amides is 2. The van der Waals surface area contributed by atoms with Crippen molar-refractivity contribution in [3.05, 3.63) is 128 Å². The van der Waals surface area contributed by atoms with Crippen LogP contribution in [0.2, 0.25) is 0 Å². The Morgan fingerprint density at radius 1 is 1.05 bits per heavy atom. The summed E-state index contributed by atoms with van der Waals surface area (Å²) in [5.74, 6) is -0.903. The Hall–Kier alpha value is -4.90. The van der Waals surface area contributed by atoms with E-state index in [1.54, 1.807) is 42.5 Å². The maximum Gasteiger partial charge on any atom is 0.276 e. The van der Waals surface area contributed by atoms with Crippen LogP contribution in [0.5, 0.6) is 11.5 Å². The molecule has 0 aliphatic carbocycles. The molecule has 1 heterocycles. The van der Waals surface area contributed by atoms with Gasteiger partial charge in [-0.2, -0.15) is 0 Å². The fourth-order valence-corrected chi connectivity index (χ4v) is 4.46. The van der Waals surface area contributed by atoms with Gasteiger partial charge in [-0.1, -0.05) is 46.3 Å². The van der Waals surface area contributed by atoms with Gasteiger partial charge >= 0.3 is 0 Å². The molecule has 1 unspecified atom stereocenters. The van der Waals surface area contributed by atoms with Crippen molar-refractivity contribution in [1.82, 2.24) is 10.4 Å². The number of anilines is 1. The van der Waals surface area contributed by atoms with Crippen molar-refractivity contribution in [1.29, 1.82) is 0 Å². The van der Waals surface area contributed by atoms with E-state index < -0.39 is 22.9 Å². The fourth-order valence-electron chi connectivity index (χ4n) is 4.10. The summed E-state index contributed by atoms with van der Waals surface area (Å²) in [6, 6.07) is 24.5. The number of nitro groups is 1. The second kappa shape index (κ2) is 10.8. The van der Waals surface area contributed by atoms with Crippen molar-refractivity contribution in [2.24, 2.45) is 0 Å². The second-order valence-corrected chi connectivity index (χ2v) is 9.57. The molecule has 3 N–H and O–H groups in total. The number of hydrazine groups is 1. The molecular weight excluding hydrogens is 568 g/mol. The van der Waals surface area contributed by atoms with Gasteiger partial charge in [-0.3, -0.25) is 25.1 Å². The minimum atomic E-state index is -1.14. The molecule has 5 rings (SSSR count). The quantitative estimate of drug-likeness (QED) is 0.190. The Kier molecular flexibility index (Phi) is 7.15. The minimum absolute atomic E-state index is 0.0380. The molecule has 196 valence electrons. The SMILES string of the molecule is O=C(NN1C(=O)c2cc(Br)ccc2NC1c1cc([N+](=O)[O-])ccc1O)c1ccc(OCc2ccccc2)cc1. The number of rotatable bonds is 7. The summed E-state index contributed by atoms with van der Waals surface area (Å²) in [6.45, 7) is 0.365. The first kappa shape index (κ1) is 25.7. The van der Waals surface area contributed by atoms with Crippen molar-refractivity contribution in [3.63, 3.8) is 0 Å². The molecule has 0 aromatic heterocycles. The number of nitrogens with zero attached hydrogens (tertiary/aromatic N) is 2. The van der Waals surface area contributed by atoms with Gasteiger partial charge in [-0.15, -0.1) is 0 Å². The first-order valence-corrected chi connectivity index (χ1v) is 12.5. The number of hydrogen-bond acceptors (Lipinski definition) is 7. The number of ether oxygens (including phenoxy) is 1. The van der Waals surface area contributed by atoms with E-state index in [0.717, 1.165) is 22.7 Å². The summed E-state index contributed by atoms with van der Waals surface area (Å²) >= 11 is 3.34. The molecule has 0 bridgehead atoms. The monoisotopic (exact) mass is 588 g/mol. The molecule has 0 saturated heterocycles. The first-order chi connectivity index (χ1) is 18.8. The van der Waals surface area contributed by atoms with Crippen LogP contribution in [0, 0.1) is 10.1 Å².